The normalized spacial score (nSPS) is 13.9. The summed E-state index contributed by atoms with van der Waals surface area (Å²) in [6.07, 6.45) is 0. The summed E-state index contributed by atoms with van der Waals surface area (Å²) in [5, 5.41) is 20.9. The van der Waals surface area contributed by atoms with Crippen molar-refractivity contribution in [2.24, 2.45) is 0 Å². The molecule has 0 aliphatic carbocycles. The van der Waals surface area contributed by atoms with E-state index in [1.54, 1.807) is 0 Å². The number of hydrogen-bond acceptors (Lipinski definition) is 7. The lowest BCUT2D eigenvalue weighted by Crippen LogP contribution is -2.31. The van der Waals surface area contributed by atoms with Gasteiger partial charge in [0.15, 0.2) is 0 Å². The standard InChI is InChI=1S/C16H18N2O7/c1-24-12-7-9(3-4-10(12)15(21)22)17-13-11(16(23)25-2)8-18(5-6-19)14(13)20/h3-4,7,17,19H,5-6,8H2,1-2H3,(H,21,22). The molecule has 0 bridgehead atoms. The number of carboxylic acids is 1. The van der Waals surface area contributed by atoms with Crippen molar-refractivity contribution in [1.29, 1.82) is 0 Å². The fraction of sp³-hybridized carbons (Fsp3) is 0.312. The minimum absolute atomic E-state index is 0.0126. The molecule has 0 saturated carbocycles. The average Bonchev–Trinajstić information content (AvgIpc) is 2.90. The number of rotatable bonds is 7. The summed E-state index contributed by atoms with van der Waals surface area (Å²) in [6.45, 7) is -0.154. The smallest absolute Gasteiger partial charge is 0.339 e. The number of nitrogens with one attached hydrogen (secondary N) is 1. The summed E-state index contributed by atoms with van der Waals surface area (Å²) in [5.41, 5.74) is 0.486. The molecule has 1 aromatic carbocycles. The zero-order valence-electron chi connectivity index (χ0n) is 13.7. The van der Waals surface area contributed by atoms with Crippen molar-refractivity contribution in [3.8, 4) is 5.75 Å². The van der Waals surface area contributed by atoms with Gasteiger partial charge >= 0.3 is 11.9 Å². The number of amides is 1. The Bertz CT molecular complexity index is 742. The zero-order valence-corrected chi connectivity index (χ0v) is 13.7. The number of esters is 1. The van der Waals surface area contributed by atoms with Crippen LogP contribution in [-0.4, -0.2) is 66.9 Å². The first-order chi connectivity index (χ1) is 11.9. The number of aliphatic hydroxyl groups is 1. The van der Waals surface area contributed by atoms with Gasteiger partial charge in [-0.2, -0.15) is 0 Å². The number of aromatic carboxylic acids is 1. The number of carbonyl (C=O) groups excluding carboxylic acids is 2. The van der Waals surface area contributed by atoms with E-state index in [2.05, 4.69) is 5.32 Å². The van der Waals surface area contributed by atoms with Crippen LogP contribution in [0.15, 0.2) is 29.5 Å². The van der Waals surface area contributed by atoms with E-state index < -0.39 is 17.8 Å². The van der Waals surface area contributed by atoms with Gasteiger partial charge in [0.1, 0.15) is 17.0 Å². The van der Waals surface area contributed by atoms with Crippen LogP contribution in [0.25, 0.3) is 0 Å². The molecule has 134 valence electrons. The number of hydrogen-bond donors (Lipinski definition) is 3. The van der Waals surface area contributed by atoms with E-state index in [1.165, 1.54) is 37.3 Å². The maximum atomic E-state index is 12.4. The monoisotopic (exact) mass is 350 g/mol. The van der Waals surface area contributed by atoms with E-state index in [9.17, 15) is 14.4 Å². The molecule has 0 radical (unpaired) electrons. The van der Waals surface area contributed by atoms with Crippen molar-refractivity contribution in [2.45, 2.75) is 0 Å². The topological polar surface area (TPSA) is 125 Å². The van der Waals surface area contributed by atoms with Gasteiger partial charge < -0.3 is 29.9 Å². The fourth-order valence-corrected chi connectivity index (χ4v) is 2.44. The molecule has 9 nitrogen and oxygen atoms in total. The molecule has 3 N–H and O–H groups in total. The molecule has 0 fully saturated rings. The Labute approximate surface area is 143 Å². The second-order valence-corrected chi connectivity index (χ2v) is 5.14. The van der Waals surface area contributed by atoms with Crippen LogP contribution < -0.4 is 10.1 Å². The van der Waals surface area contributed by atoms with Crippen LogP contribution in [0.1, 0.15) is 10.4 Å². The molecule has 1 aliphatic heterocycles. The SMILES string of the molecule is COC(=O)C1=C(Nc2ccc(C(=O)O)c(OC)c2)C(=O)N(CCO)C1. The maximum absolute atomic E-state index is 12.4. The van der Waals surface area contributed by atoms with Crippen LogP contribution in [0.3, 0.4) is 0 Å². The van der Waals surface area contributed by atoms with Crippen LogP contribution in [0, 0.1) is 0 Å². The highest BCUT2D eigenvalue weighted by Crippen LogP contribution is 2.27. The van der Waals surface area contributed by atoms with E-state index in [-0.39, 0.29) is 42.3 Å². The van der Waals surface area contributed by atoms with Crippen LogP contribution in [0.2, 0.25) is 0 Å². The van der Waals surface area contributed by atoms with Gasteiger partial charge in [-0.05, 0) is 12.1 Å². The summed E-state index contributed by atoms with van der Waals surface area (Å²) in [6, 6.07) is 4.19. The molecule has 0 saturated heterocycles. The van der Waals surface area contributed by atoms with Crippen molar-refractivity contribution < 1.29 is 34.1 Å². The first-order valence-corrected chi connectivity index (χ1v) is 7.32. The minimum Gasteiger partial charge on any atom is -0.496 e. The molecule has 0 spiro atoms. The van der Waals surface area contributed by atoms with Gasteiger partial charge in [-0.15, -0.1) is 0 Å². The number of anilines is 1. The third-order valence-electron chi connectivity index (χ3n) is 3.65. The number of methoxy groups -OCH3 is 2. The summed E-state index contributed by atoms with van der Waals surface area (Å²) in [7, 11) is 2.53. The van der Waals surface area contributed by atoms with Gasteiger partial charge in [-0.1, -0.05) is 0 Å². The van der Waals surface area contributed by atoms with Crippen molar-refractivity contribution >= 4 is 23.5 Å². The van der Waals surface area contributed by atoms with E-state index in [1.807, 2.05) is 0 Å². The number of carbonyl (C=O) groups is 3. The first kappa shape index (κ1) is 18.3. The molecule has 0 atom stereocenters. The highest BCUT2D eigenvalue weighted by Gasteiger charge is 2.34. The van der Waals surface area contributed by atoms with Gasteiger partial charge in [-0.3, -0.25) is 4.79 Å². The molecule has 1 aliphatic rings. The van der Waals surface area contributed by atoms with E-state index in [0.29, 0.717) is 5.69 Å². The van der Waals surface area contributed by atoms with Crippen LogP contribution in [-0.2, 0) is 14.3 Å². The molecule has 9 heteroatoms. The first-order valence-electron chi connectivity index (χ1n) is 7.32. The highest BCUT2D eigenvalue weighted by molar-refractivity contribution is 6.08. The summed E-state index contributed by atoms with van der Waals surface area (Å²) in [5.74, 6) is -2.17. The van der Waals surface area contributed by atoms with Gasteiger partial charge in [0.05, 0.1) is 32.9 Å². The maximum Gasteiger partial charge on any atom is 0.339 e. The fourth-order valence-electron chi connectivity index (χ4n) is 2.44. The van der Waals surface area contributed by atoms with Crippen molar-refractivity contribution in [3.05, 3.63) is 35.0 Å². The molecule has 1 amide bonds. The Morgan fingerprint density at radius 2 is 2.04 bits per heavy atom. The molecule has 1 aromatic rings. The third kappa shape index (κ3) is 3.72. The van der Waals surface area contributed by atoms with Crippen LogP contribution >= 0.6 is 0 Å². The Morgan fingerprint density at radius 3 is 2.60 bits per heavy atom. The highest BCUT2D eigenvalue weighted by atomic mass is 16.5. The van der Waals surface area contributed by atoms with Gasteiger partial charge in [0.25, 0.3) is 5.91 Å². The molecule has 0 aromatic heterocycles. The summed E-state index contributed by atoms with van der Waals surface area (Å²) < 4.78 is 9.73. The van der Waals surface area contributed by atoms with Crippen molar-refractivity contribution in [2.75, 3.05) is 39.2 Å². The Hall–Kier alpha value is -3.07. The largest absolute Gasteiger partial charge is 0.496 e. The number of aliphatic hydroxyl groups excluding tert-OH is 1. The molecule has 25 heavy (non-hydrogen) atoms. The lowest BCUT2D eigenvalue weighted by atomic mass is 10.1. The number of β-amino-alcohol motifs (C(OH)–C–C–N with tert-alkyl or cyclic N) is 1. The Balaban J connectivity index is 2.36. The summed E-state index contributed by atoms with van der Waals surface area (Å²) >= 11 is 0. The van der Waals surface area contributed by atoms with E-state index in [4.69, 9.17) is 19.7 Å². The quantitative estimate of drug-likeness (QED) is 0.590. The number of nitrogens with zero attached hydrogens (tertiary/aromatic N) is 1. The molecule has 1 heterocycles. The number of benzene rings is 1. The van der Waals surface area contributed by atoms with Gasteiger partial charge in [-0.25, -0.2) is 9.59 Å². The number of carboxylic acid groups (broad SMARTS) is 1. The molecular formula is C16H18N2O7. The average molecular weight is 350 g/mol. The Kier molecular flexibility index (Phi) is 5.60. The van der Waals surface area contributed by atoms with Gasteiger partial charge in [0.2, 0.25) is 0 Å². The van der Waals surface area contributed by atoms with Crippen molar-refractivity contribution in [3.63, 3.8) is 0 Å². The van der Waals surface area contributed by atoms with Gasteiger partial charge in [0, 0.05) is 18.3 Å². The summed E-state index contributed by atoms with van der Waals surface area (Å²) in [4.78, 5) is 36.8. The van der Waals surface area contributed by atoms with E-state index >= 15 is 0 Å². The van der Waals surface area contributed by atoms with Crippen LogP contribution in [0.5, 0.6) is 5.75 Å². The molecule has 2 rings (SSSR count). The minimum atomic E-state index is -1.15. The van der Waals surface area contributed by atoms with Crippen LogP contribution in [0.4, 0.5) is 5.69 Å². The number of ether oxygens (including phenoxy) is 2. The zero-order chi connectivity index (χ0) is 18.6. The lowest BCUT2D eigenvalue weighted by Gasteiger charge is -2.15. The predicted molar refractivity (Wildman–Crippen MR) is 86.3 cm³/mol. The third-order valence-corrected chi connectivity index (χ3v) is 3.65. The van der Waals surface area contributed by atoms with E-state index in [0.717, 1.165) is 0 Å². The van der Waals surface area contributed by atoms with Crippen molar-refractivity contribution in [1.82, 2.24) is 4.90 Å². The lowest BCUT2D eigenvalue weighted by molar-refractivity contribution is -0.136. The molecule has 0 unspecified atom stereocenters. The second kappa shape index (κ2) is 7.67. The predicted octanol–water partition coefficient (Wildman–Crippen LogP) is 0.0669. The Morgan fingerprint density at radius 1 is 1.32 bits per heavy atom. The molecular weight excluding hydrogens is 332 g/mol. The second-order valence-electron chi connectivity index (χ2n) is 5.14.